The summed E-state index contributed by atoms with van der Waals surface area (Å²) in [5, 5.41) is 19.4. The number of hydrogen-bond acceptors (Lipinski definition) is 2. The molecule has 0 heterocycles. The lowest BCUT2D eigenvalue weighted by molar-refractivity contribution is -0.161. The Morgan fingerprint density at radius 3 is 2.29 bits per heavy atom. The fourth-order valence-electron chi connectivity index (χ4n) is 4.76. The van der Waals surface area contributed by atoms with E-state index in [0.29, 0.717) is 5.92 Å². The summed E-state index contributed by atoms with van der Waals surface area (Å²) < 4.78 is 0. The average Bonchev–Trinajstić information content (AvgIpc) is 2.13. The van der Waals surface area contributed by atoms with Crippen molar-refractivity contribution < 1.29 is 10.2 Å². The van der Waals surface area contributed by atoms with E-state index in [2.05, 4.69) is 0 Å². The van der Waals surface area contributed by atoms with Gasteiger partial charge in [0, 0.05) is 6.61 Å². The third kappa shape index (κ3) is 1.10. The van der Waals surface area contributed by atoms with Crippen LogP contribution in [-0.2, 0) is 0 Å². The smallest absolute Gasteiger partial charge is 0.0625 e. The lowest BCUT2D eigenvalue weighted by Gasteiger charge is -2.59. The Morgan fingerprint density at radius 1 is 1.07 bits per heavy atom. The van der Waals surface area contributed by atoms with Gasteiger partial charge in [0.2, 0.25) is 0 Å². The van der Waals surface area contributed by atoms with Crippen molar-refractivity contribution in [2.45, 2.75) is 44.6 Å². The van der Waals surface area contributed by atoms with E-state index in [1.807, 2.05) is 0 Å². The summed E-state index contributed by atoms with van der Waals surface area (Å²) in [4.78, 5) is 0. The monoisotopic (exact) mass is 196 g/mol. The van der Waals surface area contributed by atoms with Crippen LogP contribution >= 0.6 is 0 Å². The van der Waals surface area contributed by atoms with Crippen LogP contribution in [0, 0.1) is 23.2 Å². The highest BCUT2D eigenvalue weighted by Crippen LogP contribution is 2.61. The van der Waals surface area contributed by atoms with Gasteiger partial charge in [0.25, 0.3) is 0 Å². The van der Waals surface area contributed by atoms with Gasteiger partial charge in [-0.2, -0.15) is 0 Å². The van der Waals surface area contributed by atoms with Gasteiger partial charge in [-0.1, -0.05) is 0 Å². The Labute approximate surface area is 85.3 Å². The van der Waals surface area contributed by atoms with E-state index < -0.39 is 0 Å². The van der Waals surface area contributed by atoms with Crippen molar-refractivity contribution in [3.63, 3.8) is 0 Å². The van der Waals surface area contributed by atoms with Gasteiger partial charge in [0.05, 0.1) is 6.10 Å². The van der Waals surface area contributed by atoms with Crippen LogP contribution in [0.3, 0.4) is 0 Å². The molecule has 4 saturated carbocycles. The lowest BCUT2D eigenvalue weighted by atomic mass is 9.47. The molecule has 0 aromatic rings. The Balaban J connectivity index is 1.89. The zero-order valence-electron chi connectivity index (χ0n) is 8.65. The van der Waals surface area contributed by atoms with Gasteiger partial charge >= 0.3 is 0 Å². The van der Waals surface area contributed by atoms with Gasteiger partial charge in [-0.15, -0.1) is 0 Å². The van der Waals surface area contributed by atoms with E-state index in [-0.39, 0.29) is 18.1 Å². The minimum atomic E-state index is -0.109. The zero-order valence-corrected chi connectivity index (χ0v) is 8.65. The first kappa shape index (κ1) is 9.17. The Bertz CT molecular complexity index is 224. The van der Waals surface area contributed by atoms with Crippen LogP contribution < -0.4 is 0 Å². The number of rotatable bonds is 2. The largest absolute Gasteiger partial charge is 0.396 e. The molecule has 0 saturated heterocycles. The molecule has 4 fully saturated rings. The third-order valence-electron chi connectivity index (χ3n) is 5.01. The number of aliphatic hydroxyl groups is 2. The molecule has 0 amide bonds. The molecule has 80 valence electrons. The highest BCUT2D eigenvalue weighted by Gasteiger charge is 2.55. The van der Waals surface area contributed by atoms with Crippen LogP contribution in [0.15, 0.2) is 0 Å². The molecule has 0 spiro atoms. The molecule has 2 nitrogen and oxygen atoms in total. The second kappa shape index (κ2) is 2.96. The minimum absolute atomic E-state index is 0.109. The molecule has 4 rings (SSSR count). The fraction of sp³-hybridized carbons (Fsp3) is 1.00. The van der Waals surface area contributed by atoms with Crippen molar-refractivity contribution in [1.82, 2.24) is 0 Å². The van der Waals surface area contributed by atoms with Gasteiger partial charge in [-0.25, -0.2) is 0 Å². The zero-order chi connectivity index (χ0) is 9.76. The van der Waals surface area contributed by atoms with E-state index in [1.165, 1.54) is 32.1 Å². The van der Waals surface area contributed by atoms with Crippen molar-refractivity contribution in [1.29, 1.82) is 0 Å². The summed E-state index contributed by atoms with van der Waals surface area (Å²) in [6.07, 6.45) is 7.00. The minimum Gasteiger partial charge on any atom is -0.396 e. The van der Waals surface area contributed by atoms with Crippen LogP contribution in [0.4, 0.5) is 0 Å². The normalized spacial score (nSPS) is 55.3. The van der Waals surface area contributed by atoms with Crippen molar-refractivity contribution in [3.8, 4) is 0 Å². The van der Waals surface area contributed by atoms with E-state index in [1.54, 1.807) is 0 Å². The third-order valence-corrected chi connectivity index (χ3v) is 5.01. The molecule has 4 aliphatic carbocycles. The maximum absolute atomic E-state index is 10.3. The summed E-state index contributed by atoms with van der Waals surface area (Å²) in [5.74, 6) is 2.29. The second-order valence-electron chi connectivity index (χ2n) is 5.89. The maximum Gasteiger partial charge on any atom is 0.0625 e. The molecule has 0 radical (unpaired) electrons. The van der Waals surface area contributed by atoms with E-state index in [4.69, 9.17) is 5.11 Å². The lowest BCUT2D eigenvalue weighted by Crippen LogP contribution is -2.56. The predicted octanol–water partition coefficient (Wildman–Crippen LogP) is 1.56. The average molecular weight is 196 g/mol. The molecule has 14 heavy (non-hydrogen) atoms. The Kier molecular flexibility index (Phi) is 1.94. The van der Waals surface area contributed by atoms with Gasteiger partial charge in [0.1, 0.15) is 0 Å². The summed E-state index contributed by atoms with van der Waals surface area (Å²) in [5.41, 5.74) is 0.115. The van der Waals surface area contributed by atoms with Gasteiger partial charge in [-0.05, 0) is 61.7 Å². The van der Waals surface area contributed by atoms with Gasteiger partial charge in [-0.3, -0.25) is 0 Å². The molecular weight excluding hydrogens is 176 g/mol. The number of aliphatic hydroxyl groups excluding tert-OH is 2. The Hall–Kier alpha value is -0.0800. The van der Waals surface area contributed by atoms with E-state index in [9.17, 15) is 5.11 Å². The van der Waals surface area contributed by atoms with Crippen molar-refractivity contribution in [2.24, 2.45) is 23.2 Å². The van der Waals surface area contributed by atoms with Crippen molar-refractivity contribution in [3.05, 3.63) is 0 Å². The highest BCUT2D eigenvalue weighted by atomic mass is 16.3. The number of hydrogen-bond donors (Lipinski definition) is 2. The quantitative estimate of drug-likeness (QED) is 0.703. The predicted molar refractivity (Wildman–Crippen MR) is 53.7 cm³/mol. The van der Waals surface area contributed by atoms with Crippen LogP contribution in [-0.4, -0.2) is 22.9 Å². The molecule has 0 aromatic heterocycles. The highest BCUT2D eigenvalue weighted by molar-refractivity contribution is 5.06. The van der Waals surface area contributed by atoms with Crippen LogP contribution in [0.1, 0.15) is 38.5 Å². The Morgan fingerprint density at radius 2 is 1.71 bits per heavy atom. The fourth-order valence-corrected chi connectivity index (χ4v) is 4.76. The van der Waals surface area contributed by atoms with Crippen LogP contribution in [0.2, 0.25) is 0 Å². The molecule has 4 bridgehead atoms. The van der Waals surface area contributed by atoms with Crippen molar-refractivity contribution in [2.75, 3.05) is 6.61 Å². The topological polar surface area (TPSA) is 40.5 Å². The SMILES string of the molecule is OCCC12CC3CC(CC(C3)C1O)C2. The summed E-state index contributed by atoms with van der Waals surface area (Å²) in [6, 6.07) is 0. The first-order valence-corrected chi connectivity index (χ1v) is 6.02. The van der Waals surface area contributed by atoms with E-state index >= 15 is 0 Å². The first-order chi connectivity index (χ1) is 6.73. The maximum atomic E-state index is 10.3. The van der Waals surface area contributed by atoms with Crippen LogP contribution in [0.5, 0.6) is 0 Å². The molecule has 3 unspecified atom stereocenters. The molecule has 0 aliphatic heterocycles. The first-order valence-electron chi connectivity index (χ1n) is 6.02. The summed E-state index contributed by atoms with van der Waals surface area (Å²) in [7, 11) is 0. The standard InChI is InChI=1S/C12H20O2/c13-2-1-12-6-8-3-9(7-12)5-10(4-8)11(12)14/h8-11,13-14H,1-7H2. The molecule has 3 atom stereocenters. The van der Waals surface area contributed by atoms with Gasteiger partial charge < -0.3 is 10.2 Å². The molecule has 2 heteroatoms. The second-order valence-corrected chi connectivity index (χ2v) is 5.89. The molecule has 2 N–H and O–H groups in total. The van der Waals surface area contributed by atoms with Crippen LogP contribution in [0.25, 0.3) is 0 Å². The summed E-state index contributed by atoms with van der Waals surface area (Å²) in [6.45, 7) is 0.253. The van der Waals surface area contributed by atoms with E-state index in [0.717, 1.165) is 18.3 Å². The summed E-state index contributed by atoms with van der Waals surface area (Å²) >= 11 is 0. The van der Waals surface area contributed by atoms with Gasteiger partial charge in [0.15, 0.2) is 0 Å². The molecule has 4 aliphatic rings. The van der Waals surface area contributed by atoms with Crippen molar-refractivity contribution >= 4 is 0 Å². The molecule has 0 aromatic carbocycles. The molecular formula is C12H20O2.